The molecule has 0 amide bonds. The first-order valence-electron chi connectivity index (χ1n) is 7.66. The number of hydrogen-bond donors (Lipinski definition) is 1. The van der Waals surface area contributed by atoms with E-state index in [2.05, 4.69) is 0 Å². The molecule has 0 spiro atoms. The zero-order valence-electron chi connectivity index (χ0n) is 14.5. The minimum Gasteiger partial charge on any atom is -0.507 e. The number of aromatic hydroxyl groups is 1. The van der Waals surface area contributed by atoms with Gasteiger partial charge in [-0.25, -0.2) is 0 Å². The smallest absolute Gasteiger partial charge is 0.308 e. The van der Waals surface area contributed by atoms with Gasteiger partial charge in [-0.3, -0.25) is 4.79 Å². The van der Waals surface area contributed by atoms with Crippen LogP contribution in [0.1, 0.15) is 32.3 Å². The Labute approximate surface area is 141 Å². The highest BCUT2D eigenvalue weighted by atomic mass is 16.5. The molecule has 0 saturated heterocycles. The molecule has 2 aromatic carbocycles. The largest absolute Gasteiger partial charge is 0.507 e. The van der Waals surface area contributed by atoms with Gasteiger partial charge in [0, 0.05) is 6.92 Å². The number of carbonyl (C=O) groups excluding carboxylic acids is 1. The Kier molecular flexibility index (Phi) is 5.34. The highest BCUT2D eigenvalue weighted by molar-refractivity contribution is 5.88. The van der Waals surface area contributed by atoms with Crippen molar-refractivity contribution in [3.05, 3.63) is 35.9 Å². The van der Waals surface area contributed by atoms with Crippen LogP contribution in [0.3, 0.4) is 0 Å². The molecule has 128 valence electrons. The Balaban J connectivity index is 2.85. The van der Waals surface area contributed by atoms with E-state index >= 15 is 0 Å². The molecule has 0 bridgehead atoms. The molecular formula is C19H22O5. The van der Waals surface area contributed by atoms with Gasteiger partial charge in [-0.05, 0) is 29.7 Å². The fourth-order valence-electron chi connectivity index (χ4n) is 2.67. The molecule has 24 heavy (non-hydrogen) atoms. The van der Waals surface area contributed by atoms with Gasteiger partial charge in [0.1, 0.15) is 23.0 Å². The minimum absolute atomic E-state index is 0.0220. The molecule has 0 saturated carbocycles. The maximum Gasteiger partial charge on any atom is 0.308 e. The van der Waals surface area contributed by atoms with Crippen molar-refractivity contribution in [2.75, 3.05) is 14.2 Å². The number of hydrogen-bond acceptors (Lipinski definition) is 5. The van der Waals surface area contributed by atoms with Crippen LogP contribution >= 0.6 is 0 Å². The number of esters is 1. The molecule has 0 heterocycles. The van der Waals surface area contributed by atoms with Crippen molar-refractivity contribution in [2.45, 2.75) is 26.7 Å². The molecule has 0 fully saturated rings. The van der Waals surface area contributed by atoms with Crippen molar-refractivity contribution in [3.63, 3.8) is 0 Å². The van der Waals surface area contributed by atoms with Crippen LogP contribution in [0.15, 0.2) is 30.3 Å². The van der Waals surface area contributed by atoms with Crippen LogP contribution in [-0.2, 0) is 4.79 Å². The van der Waals surface area contributed by atoms with Gasteiger partial charge in [-0.1, -0.05) is 26.0 Å². The summed E-state index contributed by atoms with van der Waals surface area (Å²) in [5, 5.41) is 10.4. The van der Waals surface area contributed by atoms with Crippen LogP contribution in [0.4, 0.5) is 0 Å². The molecule has 2 rings (SSSR count). The predicted octanol–water partition coefficient (Wildman–Crippen LogP) is 4.13. The topological polar surface area (TPSA) is 65.0 Å². The van der Waals surface area contributed by atoms with E-state index in [1.165, 1.54) is 13.0 Å². The lowest BCUT2D eigenvalue weighted by Crippen LogP contribution is -2.05. The van der Waals surface area contributed by atoms with Crippen LogP contribution in [0, 0.1) is 0 Å². The maximum atomic E-state index is 11.4. The van der Waals surface area contributed by atoms with Gasteiger partial charge >= 0.3 is 5.97 Å². The van der Waals surface area contributed by atoms with Gasteiger partial charge in [0.2, 0.25) is 0 Å². The minimum atomic E-state index is -0.472. The summed E-state index contributed by atoms with van der Waals surface area (Å²) < 4.78 is 16.3. The van der Waals surface area contributed by atoms with Crippen LogP contribution in [-0.4, -0.2) is 25.3 Å². The van der Waals surface area contributed by atoms with Crippen molar-refractivity contribution in [1.82, 2.24) is 0 Å². The number of rotatable bonds is 5. The van der Waals surface area contributed by atoms with Crippen molar-refractivity contribution in [3.8, 4) is 34.1 Å². The molecule has 2 aromatic rings. The van der Waals surface area contributed by atoms with E-state index in [4.69, 9.17) is 14.2 Å². The van der Waals surface area contributed by atoms with Gasteiger partial charge in [-0.15, -0.1) is 0 Å². The molecule has 0 radical (unpaired) electrons. The molecular weight excluding hydrogens is 308 g/mol. The van der Waals surface area contributed by atoms with Crippen LogP contribution in [0.5, 0.6) is 23.0 Å². The number of benzene rings is 2. The zero-order valence-corrected chi connectivity index (χ0v) is 14.5. The fraction of sp³-hybridized carbons (Fsp3) is 0.316. The normalized spacial score (nSPS) is 10.6. The quantitative estimate of drug-likeness (QED) is 0.660. The molecule has 5 nitrogen and oxygen atoms in total. The molecule has 5 heteroatoms. The van der Waals surface area contributed by atoms with E-state index < -0.39 is 5.97 Å². The first-order valence-corrected chi connectivity index (χ1v) is 7.66. The van der Waals surface area contributed by atoms with Crippen LogP contribution in [0.25, 0.3) is 11.1 Å². The summed E-state index contributed by atoms with van der Waals surface area (Å²) in [5.74, 6) is 1.06. The average molecular weight is 330 g/mol. The van der Waals surface area contributed by atoms with Gasteiger partial charge in [0.15, 0.2) is 0 Å². The standard InChI is InChI=1S/C19H22O5/c1-11(2)13-9-10-15(22-4)18(19(13)23-5)17-14(21)7-6-8-16(17)24-12(3)20/h6-11,21H,1-5H3. The summed E-state index contributed by atoms with van der Waals surface area (Å²) in [6.45, 7) is 5.41. The summed E-state index contributed by atoms with van der Waals surface area (Å²) in [4.78, 5) is 11.4. The van der Waals surface area contributed by atoms with Crippen molar-refractivity contribution in [2.24, 2.45) is 0 Å². The first-order chi connectivity index (χ1) is 11.4. The summed E-state index contributed by atoms with van der Waals surface area (Å²) in [7, 11) is 3.11. The van der Waals surface area contributed by atoms with Crippen LogP contribution < -0.4 is 14.2 Å². The lowest BCUT2D eigenvalue weighted by Gasteiger charge is -2.21. The Hall–Kier alpha value is -2.69. The Morgan fingerprint density at radius 2 is 1.71 bits per heavy atom. The number of ether oxygens (including phenoxy) is 3. The third kappa shape index (κ3) is 3.30. The molecule has 0 atom stereocenters. The monoisotopic (exact) mass is 330 g/mol. The van der Waals surface area contributed by atoms with Gasteiger partial charge in [-0.2, -0.15) is 0 Å². The summed E-state index contributed by atoms with van der Waals surface area (Å²) in [6.07, 6.45) is 0. The van der Waals surface area contributed by atoms with Crippen molar-refractivity contribution < 1.29 is 24.1 Å². The molecule has 0 unspecified atom stereocenters. The van der Waals surface area contributed by atoms with Crippen LogP contribution in [0.2, 0.25) is 0 Å². The van der Waals surface area contributed by atoms with Crippen molar-refractivity contribution in [1.29, 1.82) is 0 Å². The third-order valence-corrected chi connectivity index (χ3v) is 3.70. The lowest BCUT2D eigenvalue weighted by atomic mass is 9.93. The zero-order chi connectivity index (χ0) is 17.9. The second-order valence-electron chi connectivity index (χ2n) is 5.66. The molecule has 0 aliphatic heterocycles. The molecule has 1 N–H and O–H groups in total. The average Bonchev–Trinajstić information content (AvgIpc) is 2.53. The lowest BCUT2D eigenvalue weighted by molar-refractivity contribution is -0.131. The van der Waals surface area contributed by atoms with E-state index in [1.54, 1.807) is 26.4 Å². The number of phenols is 1. The summed E-state index contributed by atoms with van der Waals surface area (Å²) in [6, 6.07) is 8.51. The summed E-state index contributed by atoms with van der Waals surface area (Å²) in [5.41, 5.74) is 1.88. The van der Waals surface area contributed by atoms with Gasteiger partial charge < -0.3 is 19.3 Å². The second-order valence-corrected chi connectivity index (χ2v) is 5.66. The Morgan fingerprint density at radius 1 is 1.00 bits per heavy atom. The second kappa shape index (κ2) is 7.25. The maximum absolute atomic E-state index is 11.4. The summed E-state index contributed by atoms with van der Waals surface area (Å²) >= 11 is 0. The number of carbonyl (C=O) groups is 1. The fourth-order valence-corrected chi connectivity index (χ4v) is 2.67. The van der Waals surface area contributed by atoms with E-state index in [9.17, 15) is 9.90 Å². The van der Waals surface area contributed by atoms with Gasteiger partial charge in [0.25, 0.3) is 0 Å². The molecule has 0 aliphatic rings. The predicted molar refractivity (Wildman–Crippen MR) is 92.0 cm³/mol. The third-order valence-electron chi connectivity index (χ3n) is 3.70. The van der Waals surface area contributed by atoms with Gasteiger partial charge in [0.05, 0.1) is 25.3 Å². The number of methoxy groups -OCH3 is 2. The SMILES string of the molecule is COc1ccc(C(C)C)c(OC)c1-c1c(O)cccc1OC(C)=O. The van der Waals surface area contributed by atoms with E-state index in [0.717, 1.165) is 5.56 Å². The van der Waals surface area contributed by atoms with Crippen molar-refractivity contribution >= 4 is 5.97 Å². The highest BCUT2D eigenvalue weighted by Crippen LogP contribution is 2.49. The van der Waals surface area contributed by atoms with E-state index in [1.807, 2.05) is 26.0 Å². The highest BCUT2D eigenvalue weighted by Gasteiger charge is 2.24. The van der Waals surface area contributed by atoms with E-state index in [-0.39, 0.29) is 17.4 Å². The molecule has 0 aromatic heterocycles. The number of phenolic OH excluding ortho intramolecular Hbond substituents is 1. The Bertz CT molecular complexity index is 750. The first kappa shape index (κ1) is 17.7. The Morgan fingerprint density at radius 3 is 2.25 bits per heavy atom. The molecule has 0 aliphatic carbocycles. The van der Waals surface area contributed by atoms with E-state index in [0.29, 0.717) is 22.6 Å².